The van der Waals surface area contributed by atoms with Crippen LogP contribution in [0.15, 0.2) is 11.3 Å². The number of rotatable bonds is 2. The molecule has 3 rings (SSSR count). The van der Waals surface area contributed by atoms with Crippen molar-refractivity contribution in [1.82, 2.24) is 20.1 Å². The average molecular weight is 279 g/mol. The molecule has 1 aromatic rings. The van der Waals surface area contributed by atoms with Crippen molar-refractivity contribution in [2.75, 3.05) is 5.75 Å². The molecular formula is C13H21N5S. The van der Waals surface area contributed by atoms with Crippen molar-refractivity contribution in [3.05, 3.63) is 12.2 Å². The van der Waals surface area contributed by atoms with Gasteiger partial charge >= 0.3 is 0 Å². The molecule has 6 heteroatoms. The first-order chi connectivity index (χ1) is 9.24. The molecule has 3 atom stereocenters. The monoisotopic (exact) mass is 279 g/mol. The van der Waals surface area contributed by atoms with Gasteiger partial charge < -0.3 is 9.88 Å². The third-order valence-corrected chi connectivity index (χ3v) is 5.15. The summed E-state index contributed by atoms with van der Waals surface area (Å²) in [6.45, 7) is 2.11. The molecule has 0 radical (unpaired) electrons. The molecule has 0 bridgehead atoms. The van der Waals surface area contributed by atoms with E-state index in [-0.39, 0.29) is 6.04 Å². The Morgan fingerprint density at radius 1 is 1.42 bits per heavy atom. The molecule has 0 aromatic carbocycles. The predicted molar refractivity (Wildman–Crippen MR) is 78.2 cm³/mol. The van der Waals surface area contributed by atoms with Gasteiger partial charge in [0.2, 0.25) is 0 Å². The number of nitrogens with one attached hydrogen (secondary N) is 1. The summed E-state index contributed by atoms with van der Waals surface area (Å²) in [7, 11) is 1.97. The maximum absolute atomic E-state index is 4.89. The summed E-state index contributed by atoms with van der Waals surface area (Å²) in [5, 5.41) is 12.6. The highest BCUT2D eigenvalue weighted by atomic mass is 32.2. The largest absolute Gasteiger partial charge is 0.355 e. The van der Waals surface area contributed by atoms with Crippen LogP contribution in [0.1, 0.15) is 44.5 Å². The van der Waals surface area contributed by atoms with Gasteiger partial charge in [0.05, 0.1) is 12.1 Å². The van der Waals surface area contributed by atoms with E-state index in [0.717, 1.165) is 16.9 Å². The number of amidine groups is 1. The van der Waals surface area contributed by atoms with Crippen molar-refractivity contribution < 1.29 is 0 Å². The normalized spacial score (nSPS) is 28.4. The van der Waals surface area contributed by atoms with Crippen LogP contribution in [0.3, 0.4) is 0 Å². The molecule has 2 aliphatic rings. The Bertz CT molecular complexity index is 469. The summed E-state index contributed by atoms with van der Waals surface area (Å²) in [4.78, 5) is 4.89. The topological polar surface area (TPSA) is 55.1 Å². The van der Waals surface area contributed by atoms with Crippen molar-refractivity contribution in [2.24, 2.45) is 18.0 Å². The van der Waals surface area contributed by atoms with E-state index in [1.165, 1.54) is 31.4 Å². The lowest BCUT2D eigenvalue weighted by atomic mass is 9.86. The molecule has 5 nitrogen and oxygen atoms in total. The van der Waals surface area contributed by atoms with Crippen LogP contribution in [0, 0.1) is 5.92 Å². The van der Waals surface area contributed by atoms with Crippen molar-refractivity contribution in [1.29, 1.82) is 0 Å². The first kappa shape index (κ1) is 13.0. The summed E-state index contributed by atoms with van der Waals surface area (Å²) in [6.07, 6.45) is 7.07. The molecule has 104 valence electrons. The van der Waals surface area contributed by atoms with E-state index in [9.17, 15) is 0 Å². The van der Waals surface area contributed by atoms with Gasteiger partial charge in [0.15, 0.2) is 11.0 Å². The quantitative estimate of drug-likeness (QED) is 0.901. The summed E-state index contributed by atoms with van der Waals surface area (Å²) in [5.74, 6) is 2.96. The standard InChI is InChI=1S/C13H21N5S/c1-9(12-17-14-8-18(12)2)15-13-16-11-6-4-3-5-10(11)7-19-13/h8-11H,3-7H2,1-2H3,(H,15,16). The van der Waals surface area contributed by atoms with E-state index >= 15 is 0 Å². The molecule has 1 aliphatic carbocycles. The number of hydrogen-bond donors (Lipinski definition) is 1. The van der Waals surface area contributed by atoms with Crippen molar-refractivity contribution in [3.63, 3.8) is 0 Å². The van der Waals surface area contributed by atoms with Gasteiger partial charge in [0.1, 0.15) is 6.33 Å². The highest BCUT2D eigenvalue weighted by molar-refractivity contribution is 8.13. The molecule has 1 aromatic heterocycles. The number of fused-ring (bicyclic) bond motifs is 1. The highest BCUT2D eigenvalue weighted by Gasteiger charge is 2.29. The number of hydrogen-bond acceptors (Lipinski definition) is 5. The minimum atomic E-state index is 0.152. The zero-order valence-corrected chi connectivity index (χ0v) is 12.4. The lowest BCUT2D eigenvalue weighted by molar-refractivity contribution is 0.335. The maximum atomic E-state index is 4.89. The molecule has 1 saturated carbocycles. The molecule has 1 N–H and O–H groups in total. The molecular weight excluding hydrogens is 258 g/mol. The third kappa shape index (κ3) is 2.78. The number of aliphatic imine (C=N–C) groups is 1. The maximum Gasteiger partial charge on any atom is 0.157 e. The fourth-order valence-corrected chi connectivity index (χ4v) is 4.17. The number of aryl methyl sites for hydroxylation is 1. The van der Waals surface area contributed by atoms with E-state index in [2.05, 4.69) is 22.4 Å². The SMILES string of the molecule is CC(NC1=NC2CCCCC2CS1)c1nncn1C. The van der Waals surface area contributed by atoms with Gasteiger partial charge in [-0.1, -0.05) is 24.6 Å². The van der Waals surface area contributed by atoms with Crippen LogP contribution < -0.4 is 5.32 Å². The van der Waals surface area contributed by atoms with Crippen LogP contribution in [-0.2, 0) is 7.05 Å². The molecule has 3 unspecified atom stereocenters. The summed E-state index contributed by atoms with van der Waals surface area (Å²) >= 11 is 1.86. The smallest absolute Gasteiger partial charge is 0.157 e. The zero-order chi connectivity index (χ0) is 13.2. The highest BCUT2D eigenvalue weighted by Crippen LogP contribution is 2.34. The molecule has 1 fully saturated rings. The molecule has 19 heavy (non-hydrogen) atoms. The van der Waals surface area contributed by atoms with Gasteiger partial charge in [0, 0.05) is 12.8 Å². The van der Waals surface area contributed by atoms with E-state index in [4.69, 9.17) is 4.99 Å². The molecule has 2 heterocycles. The van der Waals surface area contributed by atoms with Gasteiger partial charge in [-0.15, -0.1) is 10.2 Å². The van der Waals surface area contributed by atoms with E-state index in [0.29, 0.717) is 6.04 Å². The fraction of sp³-hybridized carbons (Fsp3) is 0.769. The second kappa shape index (κ2) is 5.53. The Hall–Kier alpha value is -1.04. The van der Waals surface area contributed by atoms with Crippen LogP contribution in [0.5, 0.6) is 0 Å². The second-order valence-corrected chi connectivity index (χ2v) is 6.53. The number of thioether (sulfide) groups is 1. The second-order valence-electron chi connectivity index (χ2n) is 5.52. The first-order valence-electron chi connectivity index (χ1n) is 7.05. The lowest BCUT2D eigenvalue weighted by Crippen LogP contribution is -2.36. The Morgan fingerprint density at radius 2 is 2.26 bits per heavy atom. The van der Waals surface area contributed by atoms with Gasteiger partial charge in [-0.2, -0.15) is 0 Å². The predicted octanol–water partition coefficient (Wildman–Crippen LogP) is 2.13. The van der Waals surface area contributed by atoms with Crippen LogP contribution >= 0.6 is 11.8 Å². The Balaban J connectivity index is 1.67. The van der Waals surface area contributed by atoms with Crippen LogP contribution in [0.2, 0.25) is 0 Å². The molecule has 0 saturated heterocycles. The van der Waals surface area contributed by atoms with Crippen molar-refractivity contribution in [3.8, 4) is 0 Å². The lowest BCUT2D eigenvalue weighted by Gasteiger charge is -2.33. The van der Waals surface area contributed by atoms with Gasteiger partial charge in [-0.05, 0) is 25.7 Å². The summed E-state index contributed by atoms with van der Waals surface area (Å²) in [6, 6.07) is 0.697. The molecule has 0 spiro atoms. The Labute approximate surface area is 118 Å². The summed E-state index contributed by atoms with van der Waals surface area (Å²) in [5.41, 5.74) is 0. The van der Waals surface area contributed by atoms with Gasteiger partial charge in [0.25, 0.3) is 0 Å². The fourth-order valence-electron chi connectivity index (χ4n) is 2.94. The Morgan fingerprint density at radius 3 is 3.05 bits per heavy atom. The van der Waals surface area contributed by atoms with Crippen LogP contribution in [0.4, 0.5) is 0 Å². The summed E-state index contributed by atoms with van der Waals surface area (Å²) < 4.78 is 1.95. The molecule has 0 amide bonds. The first-order valence-corrected chi connectivity index (χ1v) is 8.03. The van der Waals surface area contributed by atoms with Crippen molar-refractivity contribution in [2.45, 2.75) is 44.7 Å². The van der Waals surface area contributed by atoms with Gasteiger partial charge in [-0.3, -0.25) is 4.99 Å². The number of aromatic nitrogens is 3. The van der Waals surface area contributed by atoms with Crippen molar-refractivity contribution >= 4 is 16.9 Å². The van der Waals surface area contributed by atoms with Crippen LogP contribution in [-0.4, -0.2) is 31.7 Å². The Kier molecular flexibility index (Phi) is 3.77. The van der Waals surface area contributed by atoms with Gasteiger partial charge in [-0.25, -0.2) is 0 Å². The number of nitrogens with zero attached hydrogens (tertiary/aromatic N) is 4. The minimum absolute atomic E-state index is 0.152. The van der Waals surface area contributed by atoms with Crippen LogP contribution in [0.25, 0.3) is 0 Å². The minimum Gasteiger partial charge on any atom is -0.355 e. The van der Waals surface area contributed by atoms with E-state index < -0.39 is 0 Å². The molecule has 1 aliphatic heterocycles. The third-order valence-electron chi connectivity index (χ3n) is 4.06. The van der Waals surface area contributed by atoms with E-state index in [1.807, 2.05) is 23.4 Å². The zero-order valence-electron chi connectivity index (χ0n) is 11.5. The average Bonchev–Trinajstić information content (AvgIpc) is 2.85. The van der Waals surface area contributed by atoms with E-state index in [1.54, 1.807) is 6.33 Å².